The second-order valence-corrected chi connectivity index (χ2v) is 7.77. The van der Waals surface area contributed by atoms with Crippen molar-refractivity contribution in [1.82, 2.24) is 9.55 Å². The standard InChI is InChI=1S/C25H23N5/c1-5-14(2)30-13-17(18-8-6-7-9-22(18)30)10-19-15(3)20(11-26)24-23(19)16(4)21(12-27)25(28)29-24/h6-10,13-14H,5H2,1-4H3,(H2,28,29). The van der Waals surface area contributed by atoms with Gasteiger partial charge in [0.05, 0.1) is 16.8 Å². The predicted molar refractivity (Wildman–Crippen MR) is 121 cm³/mol. The van der Waals surface area contributed by atoms with Crippen LogP contribution >= 0.6 is 0 Å². The highest BCUT2D eigenvalue weighted by Gasteiger charge is 2.30. The number of rotatable bonds is 3. The molecule has 1 aromatic carbocycles. The molecule has 4 rings (SSSR count). The van der Waals surface area contributed by atoms with Gasteiger partial charge in [-0.05, 0) is 56.0 Å². The molecular formula is C25H23N5. The summed E-state index contributed by atoms with van der Waals surface area (Å²) < 4.78 is 2.30. The van der Waals surface area contributed by atoms with E-state index in [0.29, 0.717) is 22.9 Å². The number of nitrogens with two attached hydrogens (primary N) is 1. The fourth-order valence-electron chi connectivity index (χ4n) is 4.26. The lowest BCUT2D eigenvalue weighted by molar-refractivity contribution is 0.548. The van der Waals surface area contributed by atoms with Gasteiger partial charge in [-0.2, -0.15) is 10.5 Å². The first-order valence-electron chi connectivity index (χ1n) is 10.1. The van der Waals surface area contributed by atoms with Crippen molar-refractivity contribution in [1.29, 1.82) is 10.5 Å². The Morgan fingerprint density at radius 1 is 1.20 bits per heavy atom. The monoisotopic (exact) mass is 393 g/mol. The van der Waals surface area contributed by atoms with Crippen LogP contribution in [0, 0.1) is 29.6 Å². The lowest BCUT2D eigenvalue weighted by Crippen LogP contribution is -2.03. The van der Waals surface area contributed by atoms with Gasteiger partial charge >= 0.3 is 0 Å². The van der Waals surface area contributed by atoms with Crippen molar-refractivity contribution in [2.24, 2.45) is 0 Å². The molecule has 0 fully saturated rings. The van der Waals surface area contributed by atoms with E-state index in [1.165, 1.54) is 5.52 Å². The van der Waals surface area contributed by atoms with E-state index in [1.807, 2.05) is 19.9 Å². The summed E-state index contributed by atoms with van der Waals surface area (Å²) in [4.78, 5) is 4.42. The van der Waals surface area contributed by atoms with Gasteiger partial charge in [-0.3, -0.25) is 0 Å². The maximum absolute atomic E-state index is 9.77. The second-order valence-electron chi connectivity index (χ2n) is 7.77. The quantitative estimate of drug-likeness (QED) is 0.625. The molecule has 0 spiro atoms. The van der Waals surface area contributed by atoms with E-state index >= 15 is 0 Å². The van der Waals surface area contributed by atoms with E-state index in [1.54, 1.807) is 0 Å². The first-order valence-corrected chi connectivity index (χ1v) is 10.1. The summed E-state index contributed by atoms with van der Waals surface area (Å²) in [6.45, 7) is 8.20. The van der Waals surface area contributed by atoms with Crippen LogP contribution < -0.4 is 5.73 Å². The molecule has 0 saturated heterocycles. The number of nitrogen functional groups attached to an aromatic ring is 1. The molecule has 0 saturated carbocycles. The van der Waals surface area contributed by atoms with Crippen molar-refractivity contribution in [3.05, 3.63) is 64.0 Å². The van der Waals surface area contributed by atoms with Gasteiger partial charge in [-0.25, -0.2) is 4.98 Å². The Bertz CT molecular complexity index is 1340. The van der Waals surface area contributed by atoms with Gasteiger partial charge in [-0.1, -0.05) is 25.1 Å². The van der Waals surface area contributed by atoms with Crippen molar-refractivity contribution < 1.29 is 0 Å². The lowest BCUT2D eigenvalue weighted by Gasteiger charge is -2.12. The van der Waals surface area contributed by atoms with Gasteiger partial charge in [0.25, 0.3) is 0 Å². The minimum absolute atomic E-state index is 0.170. The molecule has 1 aliphatic carbocycles. The van der Waals surface area contributed by atoms with Crippen LogP contribution in [-0.4, -0.2) is 9.55 Å². The average Bonchev–Trinajstić information content (AvgIpc) is 3.23. The third-order valence-electron chi connectivity index (χ3n) is 6.12. The minimum atomic E-state index is 0.170. The van der Waals surface area contributed by atoms with Crippen molar-refractivity contribution >= 4 is 33.9 Å². The first kappa shape index (κ1) is 19.5. The number of para-hydroxylation sites is 1. The number of pyridine rings is 1. The van der Waals surface area contributed by atoms with Crippen molar-refractivity contribution in [3.8, 4) is 12.1 Å². The van der Waals surface area contributed by atoms with Gasteiger partial charge in [0.15, 0.2) is 0 Å². The van der Waals surface area contributed by atoms with Crippen LogP contribution in [0.25, 0.3) is 28.1 Å². The number of nitriles is 2. The summed E-state index contributed by atoms with van der Waals surface area (Å²) in [6.07, 6.45) is 5.32. The van der Waals surface area contributed by atoms with E-state index in [-0.39, 0.29) is 5.82 Å². The third-order valence-corrected chi connectivity index (χ3v) is 6.12. The zero-order valence-electron chi connectivity index (χ0n) is 17.6. The van der Waals surface area contributed by atoms with Gasteiger partial charge in [0.2, 0.25) is 0 Å². The Kier molecular flexibility index (Phi) is 4.68. The van der Waals surface area contributed by atoms with E-state index in [9.17, 15) is 10.5 Å². The van der Waals surface area contributed by atoms with Crippen LogP contribution in [-0.2, 0) is 0 Å². The molecule has 1 aliphatic rings. The van der Waals surface area contributed by atoms with E-state index in [0.717, 1.165) is 39.6 Å². The lowest BCUT2D eigenvalue weighted by atomic mass is 9.95. The summed E-state index contributed by atoms with van der Waals surface area (Å²) in [5.74, 6) is 0.170. The molecule has 0 bridgehead atoms. The highest BCUT2D eigenvalue weighted by atomic mass is 15.0. The Morgan fingerprint density at radius 3 is 2.60 bits per heavy atom. The van der Waals surface area contributed by atoms with Crippen LogP contribution in [0.5, 0.6) is 0 Å². The zero-order chi connectivity index (χ0) is 21.6. The third kappa shape index (κ3) is 2.71. The highest BCUT2D eigenvalue weighted by Crippen LogP contribution is 2.44. The van der Waals surface area contributed by atoms with Gasteiger partial charge in [-0.15, -0.1) is 0 Å². The van der Waals surface area contributed by atoms with Crippen LogP contribution in [0.2, 0.25) is 0 Å². The second kappa shape index (κ2) is 7.21. The number of nitrogens with zero attached hydrogens (tertiary/aromatic N) is 4. The molecule has 1 atom stereocenters. The molecule has 3 aromatic rings. The largest absolute Gasteiger partial charge is 0.383 e. The maximum atomic E-state index is 9.77. The van der Waals surface area contributed by atoms with Crippen LogP contribution in [0.3, 0.4) is 0 Å². The zero-order valence-corrected chi connectivity index (χ0v) is 17.6. The van der Waals surface area contributed by atoms with Gasteiger partial charge < -0.3 is 10.3 Å². The molecule has 0 amide bonds. The van der Waals surface area contributed by atoms with Gasteiger partial charge in [0.1, 0.15) is 18.0 Å². The minimum Gasteiger partial charge on any atom is -0.383 e. The van der Waals surface area contributed by atoms with E-state index in [2.05, 4.69) is 66.0 Å². The number of benzene rings is 1. The Balaban J connectivity index is 2.03. The highest BCUT2D eigenvalue weighted by molar-refractivity contribution is 6.10. The summed E-state index contributed by atoms with van der Waals surface area (Å²) in [6, 6.07) is 13.2. The van der Waals surface area contributed by atoms with Crippen LogP contribution in [0.4, 0.5) is 5.82 Å². The number of hydrogen-bond acceptors (Lipinski definition) is 4. The molecule has 0 aliphatic heterocycles. The molecular weight excluding hydrogens is 370 g/mol. The average molecular weight is 393 g/mol. The Hall–Kier alpha value is -3.83. The van der Waals surface area contributed by atoms with E-state index in [4.69, 9.17) is 5.73 Å². The van der Waals surface area contributed by atoms with Gasteiger partial charge in [0, 0.05) is 34.3 Å². The van der Waals surface area contributed by atoms with E-state index < -0.39 is 0 Å². The molecule has 1 unspecified atom stereocenters. The Labute approximate surface area is 176 Å². The van der Waals surface area contributed by atoms with Crippen molar-refractivity contribution in [2.45, 2.75) is 40.2 Å². The normalized spacial score (nSPS) is 15.3. The smallest absolute Gasteiger partial charge is 0.142 e. The molecule has 5 heteroatoms. The fraction of sp³-hybridized carbons (Fsp3) is 0.240. The summed E-state index contributed by atoms with van der Waals surface area (Å²) >= 11 is 0. The summed E-state index contributed by atoms with van der Waals surface area (Å²) in [5.41, 5.74) is 13.1. The molecule has 0 radical (unpaired) electrons. The Morgan fingerprint density at radius 2 is 1.93 bits per heavy atom. The predicted octanol–water partition coefficient (Wildman–Crippen LogP) is 5.62. The molecule has 30 heavy (non-hydrogen) atoms. The molecule has 2 heterocycles. The maximum Gasteiger partial charge on any atom is 0.142 e. The van der Waals surface area contributed by atoms with Crippen LogP contribution in [0.1, 0.15) is 61.2 Å². The number of allylic oxidation sites excluding steroid dienone is 3. The van der Waals surface area contributed by atoms with Crippen LogP contribution in [0.15, 0.2) is 36.0 Å². The fourth-order valence-corrected chi connectivity index (χ4v) is 4.26. The number of hydrogen-bond donors (Lipinski definition) is 1. The number of anilines is 1. The molecule has 148 valence electrons. The SMILES string of the molecule is CCC(C)n1cc(C=C2C(C)=C(C#N)c3nc(N)c(C#N)c(C)c32)c2ccccc21. The molecule has 5 nitrogen and oxygen atoms in total. The molecule has 2 aromatic heterocycles. The van der Waals surface area contributed by atoms with Crippen molar-refractivity contribution in [3.63, 3.8) is 0 Å². The summed E-state index contributed by atoms with van der Waals surface area (Å²) in [7, 11) is 0. The van der Waals surface area contributed by atoms with Crippen molar-refractivity contribution in [2.75, 3.05) is 5.73 Å². The molecule has 2 N–H and O–H groups in total. The topological polar surface area (TPSA) is 91.4 Å². The number of aromatic nitrogens is 2. The number of fused-ring (bicyclic) bond motifs is 2. The first-order chi connectivity index (χ1) is 14.4. The summed E-state index contributed by atoms with van der Waals surface area (Å²) in [5, 5.41) is 20.5.